The van der Waals surface area contributed by atoms with Gasteiger partial charge in [0.15, 0.2) is 6.23 Å². The number of anilines is 2. The Hall–Kier alpha value is -1.53. The van der Waals surface area contributed by atoms with Gasteiger partial charge in [-0.3, -0.25) is 4.79 Å². The van der Waals surface area contributed by atoms with Crippen molar-refractivity contribution in [2.75, 3.05) is 22.9 Å². The molecule has 1 aromatic carbocycles. The maximum Gasteiger partial charge on any atom is 0.260 e. The zero-order chi connectivity index (χ0) is 50.7. The number of aliphatic hydroxyl groups is 1. The molecule has 6 heterocycles. The van der Waals surface area contributed by atoms with Crippen molar-refractivity contribution in [3.8, 4) is 0 Å². The highest BCUT2D eigenvalue weighted by Gasteiger charge is 2.38. The van der Waals surface area contributed by atoms with Gasteiger partial charge < -0.3 is 14.9 Å². The zero-order valence-corrected chi connectivity index (χ0v) is 51.3. The van der Waals surface area contributed by atoms with Crippen molar-refractivity contribution < 1.29 is 9.90 Å². The molecule has 0 saturated carbocycles. The van der Waals surface area contributed by atoms with Crippen LogP contribution in [-0.2, 0) is 4.79 Å². The molecule has 10 heteroatoms. The molecule has 5 aromatic rings. The van der Waals surface area contributed by atoms with E-state index in [0.717, 1.165) is 63.4 Å². The fourth-order valence-corrected chi connectivity index (χ4v) is 17.9. The number of thiophene rings is 4. The van der Waals surface area contributed by atoms with Crippen molar-refractivity contribution in [3.05, 3.63) is 64.2 Å². The molecule has 3 unspecified atom stereocenters. The number of nitrogens with zero attached hydrogens (tertiary/aromatic N) is 2. The van der Waals surface area contributed by atoms with E-state index in [1.165, 1.54) is 224 Å². The van der Waals surface area contributed by atoms with Gasteiger partial charge in [-0.05, 0) is 106 Å². The fourth-order valence-electron chi connectivity index (χ4n) is 11.7. The Balaban J connectivity index is 1.25. The van der Waals surface area contributed by atoms with Crippen LogP contribution >= 0.6 is 77.2 Å². The number of unbranched alkanes of at least 4 members (excludes halogenated alkanes) is 24. The van der Waals surface area contributed by atoms with Crippen LogP contribution in [0.1, 0.15) is 243 Å². The second-order valence-corrected chi connectivity index (χ2v) is 28.9. The molecule has 1 amide bonds. The maximum absolute atomic E-state index is 15.5. The molecule has 3 atom stereocenters. The van der Waals surface area contributed by atoms with Gasteiger partial charge in [0.2, 0.25) is 0 Å². The van der Waals surface area contributed by atoms with E-state index in [1.807, 2.05) is 0 Å². The van der Waals surface area contributed by atoms with Crippen molar-refractivity contribution >= 4 is 124 Å². The van der Waals surface area contributed by atoms with E-state index in [2.05, 4.69) is 106 Å². The van der Waals surface area contributed by atoms with Crippen LogP contribution in [0.15, 0.2) is 44.0 Å². The Morgan fingerprint density at radius 3 is 1.28 bits per heavy atom. The van der Waals surface area contributed by atoms with Gasteiger partial charge in [0.05, 0.1) is 18.8 Å². The first kappa shape index (κ1) is 58.2. The van der Waals surface area contributed by atoms with E-state index < -0.39 is 6.23 Å². The van der Waals surface area contributed by atoms with E-state index in [4.69, 9.17) is 0 Å². The number of halogens is 2. The lowest BCUT2D eigenvalue weighted by Crippen LogP contribution is -2.37. The average molecular weight is 1180 g/mol. The van der Waals surface area contributed by atoms with Gasteiger partial charge >= 0.3 is 0 Å². The summed E-state index contributed by atoms with van der Waals surface area (Å²) in [5, 5.41) is 15.1. The molecule has 2 aliphatic rings. The molecule has 398 valence electrons. The van der Waals surface area contributed by atoms with E-state index in [0.29, 0.717) is 11.8 Å². The minimum absolute atomic E-state index is 0.163. The quantitative estimate of drug-likeness (QED) is 0.0401. The monoisotopic (exact) mass is 1180 g/mol. The molecule has 2 aliphatic heterocycles. The number of carbonyl (C=O) groups is 1. The summed E-state index contributed by atoms with van der Waals surface area (Å²) in [6.07, 6.45) is 40.8. The lowest BCUT2D eigenvalue weighted by atomic mass is 9.93. The van der Waals surface area contributed by atoms with E-state index in [1.54, 1.807) is 45.3 Å². The van der Waals surface area contributed by atoms with Crippen molar-refractivity contribution in [1.82, 2.24) is 0 Å². The summed E-state index contributed by atoms with van der Waals surface area (Å²) in [6, 6.07) is 13.8. The molecule has 0 bridgehead atoms. The number of amides is 1. The van der Waals surface area contributed by atoms with Crippen LogP contribution < -0.4 is 20.2 Å². The van der Waals surface area contributed by atoms with Gasteiger partial charge in [0, 0.05) is 63.3 Å². The summed E-state index contributed by atoms with van der Waals surface area (Å²) < 4.78 is 7.25. The predicted octanol–water partition coefficient (Wildman–Crippen LogP) is 20.4. The third-order valence-electron chi connectivity index (χ3n) is 15.9. The zero-order valence-electron chi connectivity index (χ0n) is 44.9. The maximum atomic E-state index is 15.5. The topological polar surface area (TPSA) is 43.8 Å². The Labute approximate surface area is 468 Å². The number of fused-ring (bicyclic) bond motifs is 4. The molecule has 4 aromatic heterocycles. The first-order valence-corrected chi connectivity index (χ1v) is 34.2. The highest BCUT2D eigenvalue weighted by Crippen LogP contribution is 2.43. The lowest BCUT2D eigenvalue weighted by molar-refractivity contribution is -0.113. The van der Waals surface area contributed by atoms with E-state index in [9.17, 15) is 5.11 Å². The Bertz CT molecular complexity index is 2470. The van der Waals surface area contributed by atoms with Crippen LogP contribution in [0.25, 0.3) is 29.9 Å². The summed E-state index contributed by atoms with van der Waals surface area (Å²) in [5.74, 6) is 1.12. The summed E-state index contributed by atoms with van der Waals surface area (Å²) >= 11 is 14.6. The molecule has 0 aliphatic carbocycles. The molecule has 0 saturated heterocycles. The van der Waals surface area contributed by atoms with Gasteiger partial charge in [-0.1, -0.05) is 207 Å². The number of hydrogen-bond donors (Lipinski definition) is 1. The number of benzene rings is 1. The van der Waals surface area contributed by atoms with E-state index >= 15 is 4.79 Å². The predicted molar refractivity (Wildman–Crippen MR) is 329 cm³/mol. The Kier molecular flexibility index (Phi) is 25.1. The van der Waals surface area contributed by atoms with Crippen molar-refractivity contribution in [2.45, 2.75) is 239 Å². The average Bonchev–Trinajstić information content (AvgIpc) is 4.20. The normalized spacial score (nSPS) is 15.6. The first-order chi connectivity index (χ1) is 35.2. The van der Waals surface area contributed by atoms with Crippen LogP contribution in [0.2, 0.25) is 0 Å². The number of hydrogen-bond acceptors (Lipinski definition) is 7. The van der Waals surface area contributed by atoms with Gasteiger partial charge in [-0.2, -0.15) is 0 Å². The number of carbonyl (C=O) groups excluding carboxylic acids is 1. The number of aliphatic hydroxyl groups excluding tert-OH is 1. The summed E-state index contributed by atoms with van der Waals surface area (Å²) in [4.78, 5) is 22.3. The van der Waals surface area contributed by atoms with Crippen LogP contribution in [0.3, 0.4) is 0 Å². The van der Waals surface area contributed by atoms with Crippen LogP contribution in [0, 0.1) is 11.8 Å². The van der Waals surface area contributed by atoms with Crippen LogP contribution in [0.4, 0.5) is 11.4 Å². The molecular formula is C62H90Br2N2O2S4. The summed E-state index contributed by atoms with van der Waals surface area (Å²) in [6.45, 7) is 10.8. The third-order valence-corrected chi connectivity index (χ3v) is 21.6. The molecule has 72 heavy (non-hydrogen) atoms. The summed E-state index contributed by atoms with van der Waals surface area (Å²) in [7, 11) is 0. The molecular weight excluding hydrogens is 1090 g/mol. The van der Waals surface area contributed by atoms with Gasteiger partial charge in [-0.15, -0.1) is 45.3 Å². The minimum atomic E-state index is -0.746. The van der Waals surface area contributed by atoms with Crippen molar-refractivity contribution in [1.29, 1.82) is 0 Å². The smallest absolute Gasteiger partial charge is 0.260 e. The molecule has 0 spiro atoms. The third kappa shape index (κ3) is 16.3. The first-order valence-electron chi connectivity index (χ1n) is 29.3. The van der Waals surface area contributed by atoms with Gasteiger partial charge in [0.25, 0.3) is 5.91 Å². The Morgan fingerprint density at radius 1 is 0.458 bits per heavy atom. The SMILES string of the molecule is CCCCCCCCCCC(CCCCCCCC)CN1C(=O)C(c2cc3sc(Br)cc3s2)=c2cc3c(cc21)=C(c1cc2sc(Br)cc2s1)C(O)N3CC(CCCCCCCC)CCCCCCCCCC. The largest absolute Gasteiger partial charge is 0.369 e. The standard InChI is InChI=1S/C62H90Br2N2O2S4/c1-5-9-13-17-21-23-27-31-35-45(33-29-25-19-15-11-7-3)43-65-49-37-48-50(38-47(49)59(61(65)67)55-39-51-53(69-55)41-57(63)71-51)66(62(68)60(48)56-40-52-54(70-56)42-58(64)72-52)44-46(34-30-26-20-16-12-8-4)36-32-28-24-22-18-14-10-6-2/h37-42,45-46,61,67H,5-36,43-44H2,1-4H3. The minimum Gasteiger partial charge on any atom is -0.369 e. The van der Waals surface area contributed by atoms with Crippen molar-refractivity contribution in [3.63, 3.8) is 0 Å². The van der Waals surface area contributed by atoms with Gasteiger partial charge in [-0.25, -0.2) is 0 Å². The molecule has 0 radical (unpaired) electrons. The highest BCUT2D eigenvalue weighted by molar-refractivity contribution is 9.11. The Morgan fingerprint density at radius 2 is 0.833 bits per heavy atom. The number of rotatable bonds is 38. The van der Waals surface area contributed by atoms with Crippen molar-refractivity contribution in [2.24, 2.45) is 11.8 Å². The second kappa shape index (κ2) is 31.0. The molecule has 0 fully saturated rings. The molecule has 4 nitrogen and oxygen atoms in total. The molecule has 1 N–H and O–H groups in total. The van der Waals surface area contributed by atoms with Crippen LogP contribution in [0.5, 0.6) is 0 Å². The molecule has 7 rings (SSSR count). The second-order valence-electron chi connectivity index (χ2n) is 21.8. The lowest BCUT2D eigenvalue weighted by Gasteiger charge is -2.31. The van der Waals surface area contributed by atoms with E-state index in [-0.39, 0.29) is 5.91 Å². The van der Waals surface area contributed by atoms with Gasteiger partial charge in [0.1, 0.15) is 0 Å². The fraction of sp³-hybridized carbons (Fsp3) is 0.661. The summed E-state index contributed by atoms with van der Waals surface area (Å²) in [5.41, 5.74) is 4.03. The van der Waals surface area contributed by atoms with Crippen LogP contribution in [-0.4, -0.2) is 30.3 Å². The highest BCUT2D eigenvalue weighted by atomic mass is 79.9.